The van der Waals surface area contributed by atoms with Crippen LogP contribution >= 0.6 is 23.1 Å². The van der Waals surface area contributed by atoms with E-state index in [1.165, 1.54) is 16.6 Å². The molecule has 34 heavy (non-hydrogen) atoms. The molecule has 1 amide bonds. The molecule has 7 nitrogen and oxygen atoms in total. The molecule has 0 N–H and O–H groups in total. The minimum absolute atomic E-state index is 0.0158. The minimum Gasteiger partial charge on any atom is -0.497 e. The first-order valence-corrected chi connectivity index (χ1v) is 13.5. The smallest absolute Gasteiger partial charge is 0.267 e. The van der Waals surface area contributed by atoms with E-state index in [1.54, 1.807) is 23.0 Å². The lowest BCUT2D eigenvalue weighted by molar-refractivity contribution is -0.140. The first kappa shape index (κ1) is 23.4. The third-order valence-electron chi connectivity index (χ3n) is 6.39. The Morgan fingerprint density at radius 1 is 1.18 bits per heavy atom. The number of ether oxygens (including phenoxy) is 2. The summed E-state index contributed by atoms with van der Waals surface area (Å²) in [4.78, 5) is 35.7. The fourth-order valence-electron chi connectivity index (χ4n) is 4.84. The van der Waals surface area contributed by atoms with Gasteiger partial charge >= 0.3 is 0 Å². The number of rotatable bonds is 5. The number of aromatic nitrogens is 2. The maximum atomic E-state index is 13.8. The van der Waals surface area contributed by atoms with Crippen LogP contribution in [0.4, 0.5) is 0 Å². The number of fused-ring (bicyclic) bond motifs is 3. The minimum atomic E-state index is -0.0573. The highest BCUT2D eigenvalue weighted by Gasteiger charge is 2.27. The van der Waals surface area contributed by atoms with Crippen molar-refractivity contribution in [2.24, 2.45) is 0 Å². The molecule has 1 saturated heterocycles. The number of nitrogens with zero attached hydrogens (tertiary/aromatic N) is 3. The molecule has 1 aliphatic carbocycles. The number of carbonyl (C=O) groups is 1. The van der Waals surface area contributed by atoms with Crippen LogP contribution < -0.4 is 10.3 Å². The van der Waals surface area contributed by atoms with Crippen molar-refractivity contribution < 1.29 is 14.3 Å². The summed E-state index contributed by atoms with van der Waals surface area (Å²) in [6.07, 6.45) is 4.21. The van der Waals surface area contributed by atoms with Crippen LogP contribution in [0.1, 0.15) is 37.1 Å². The van der Waals surface area contributed by atoms with Crippen LogP contribution in [0.5, 0.6) is 5.75 Å². The first-order chi connectivity index (χ1) is 16.4. The molecule has 180 valence electrons. The highest BCUT2D eigenvalue weighted by atomic mass is 32.2. The first-order valence-electron chi connectivity index (χ1n) is 11.7. The topological polar surface area (TPSA) is 73.7 Å². The van der Waals surface area contributed by atoms with Crippen molar-refractivity contribution in [1.29, 1.82) is 0 Å². The summed E-state index contributed by atoms with van der Waals surface area (Å²) in [7, 11) is 1.62. The Labute approximate surface area is 207 Å². The van der Waals surface area contributed by atoms with Crippen LogP contribution in [0.3, 0.4) is 0 Å². The summed E-state index contributed by atoms with van der Waals surface area (Å²) >= 11 is 2.96. The molecule has 0 saturated carbocycles. The maximum Gasteiger partial charge on any atom is 0.267 e. The van der Waals surface area contributed by atoms with Crippen molar-refractivity contribution in [3.05, 3.63) is 45.1 Å². The Morgan fingerprint density at radius 3 is 2.59 bits per heavy atom. The largest absolute Gasteiger partial charge is 0.497 e. The number of carbonyl (C=O) groups excluding carboxylic acids is 1. The zero-order valence-electron chi connectivity index (χ0n) is 19.7. The van der Waals surface area contributed by atoms with Crippen molar-refractivity contribution in [3.63, 3.8) is 0 Å². The molecule has 0 unspecified atom stereocenters. The fourth-order valence-corrected chi connectivity index (χ4v) is 7.06. The molecule has 1 aromatic carbocycles. The van der Waals surface area contributed by atoms with Crippen LogP contribution in [0.15, 0.2) is 34.2 Å². The van der Waals surface area contributed by atoms with Crippen molar-refractivity contribution >= 4 is 39.2 Å². The number of hydrogen-bond donors (Lipinski definition) is 0. The predicted molar refractivity (Wildman–Crippen MR) is 136 cm³/mol. The van der Waals surface area contributed by atoms with Crippen LogP contribution in [0.25, 0.3) is 15.9 Å². The fraction of sp³-hybridized carbons (Fsp3) is 0.480. The van der Waals surface area contributed by atoms with Gasteiger partial charge in [-0.3, -0.25) is 14.2 Å². The molecule has 0 spiro atoms. The Balaban J connectivity index is 1.53. The van der Waals surface area contributed by atoms with Gasteiger partial charge in [-0.2, -0.15) is 0 Å². The average Bonchev–Trinajstić information content (AvgIpc) is 3.21. The lowest BCUT2D eigenvalue weighted by Crippen LogP contribution is -2.48. The van der Waals surface area contributed by atoms with E-state index in [-0.39, 0.29) is 29.4 Å². The Kier molecular flexibility index (Phi) is 6.68. The standard InChI is InChI=1S/C25H29N3O4S2/c1-15-12-27(13-16(2)32-15)21(29)14-33-25-26-23-22(19-6-4-5-7-20(19)34-23)24(30)28(25)17-8-10-18(31-3)11-9-17/h8-11,15-16H,4-7,12-14H2,1-3H3/t15-,16+. The van der Waals surface area contributed by atoms with E-state index in [9.17, 15) is 9.59 Å². The van der Waals surface area contributed by atoms with Crippen LogP contribution in [0, 0.1) is 0 Å². The van der Waals surface area contributed by atoms with E-state index in [4.69, 9.17) is 14.5 Å². The molecule has 1 fully saturated rings. The summed E-state index contributed by atoms with van der Waals surface area (Å²) in [6.45, 7) is 5.13. The summed E-state index contributed by atoms with van der Waals surface area (Å²) < 4.78 is 12.7. The number of benzene rings is 1. The van der Waals surface area contributed by atoms with Crippen molar-refractivity contribution in [2.45, 2.75) is 56.9 Å². The van der Waals surface area contributed by atoms with Gasteiger partial charge in [0.1, 0.15) is 10.6 Å². The molecule has 1 aliphatic heterocycles. The molecule has 9 heteroatoms. The zero-order chi connectivity index (χ0) is 23.8. The lowest BCUT2D eigenvalue weighted by atomic mass is 9.97. The quantitative estimate of drug-likeness (QED) is 0.389. The summed E-state index contributed by atoms with van der Waals surface area (Å²) in [5.41, 5.74) is 1.83. The molecular formula is C25H29N3O4S2. The van der Waals surface area contributed by atoms with Crippen LogP contribution in [-0.2, 0) is 22.4 Å². The van der Waals surface area contributed by atoms with Gasteiger partial charge in [0, 0.05) is 18.0 Å². The van der Waals surface area contributed by atoms with E-state index in [1.807, 2.05) is 43.0 Å². The normalized spacial score (nSPS) is 20.4. The van der Waals surface area contributed by atoms with E-state index in [2.05, 4.69) is 0 Å². The lowest BCUT2D eigenvalue weighted by Gasteiger charge is -2.35. The molecule has 3 heterocycles. The Bertz CT molecular complexity index is 1260. The number of hydrogen-bond acceptors (Lipinski definition) is 7. The average molecular weight is 500 g/mol. The van der Waals surface area contributed by atoms with E-state index in [0.29, 0.717) is 18.2 Å². The Hall–Kier alpha value is -2.36. The van der Waals surface area contributed by atoms with Gasteiger partial charge in [0.15, 0.2) is 5.16 Å². The highest BCUT2D eigenvalue weighted by molar-refractivity contribution is 7.99. The van der Waals surface area contributed by atoms with Gasteiger partial charge in [-0.1, -0.05) is 11.8 Å². The highest BCUT2D eigenvalue weighted by Crippen LogP contribution is 2.35. The van der Waals surface area contributed by atoms with E-state index >= 15 is 0 Å². The summed E-state index contributed by atoms with van der Waals surface area (Å²) in [6, 6.07) is 7.41. The predicted octanol–water partition coefficient (Wildman–Crippen LogP) is 4.06. The summed E-state index contributed by atoms with van der Waals surface area (Å²) in [5.74, 6) is 0.977. The molecule has 2 aromatic heterocycles. The van der Waals surface area contributed by atoms with E-state index < -0.39 is 0 Å². The molecule has 2 aliphatic rings. The molecular weight excluding hydrogens is 470 g/mol. The third kappa shape index (κ3) is 4.48. The van der Waals surface area contributed by atoms with Gasteiger partial charge in [0.05, 0.1) is 36.1 Å². The third-order valence-corrected chi connectivity index (χ3v) is 8.49. The summed E-state index contributed by atoms with van der Waals surface area (Å²) in [5, 5.41) is 1.28. The molecule has 5 rings (SSSR count). The zero-order valence-corrected chi connectivity index (χ0v) is 21.3. The second-order valence-corrected chi connectivity index (χ2v) is 11.0. The maximum absolute atomic E-state index is 13.8. The second-order valence-electron chi connectivity index (χ2n) is 8.97. The van der Waals surface area contributed by atoms with Gasteiger partial charge in [-0.25, -0.2) is 4.98 Å². The molecule has 3 aromatic rings. The number of methoxy groups -OCH3 is 1. The van der Waals surface area contributed by atoms with Gasteiger partial charge in [0.2, 0.25) is 5.91 Å². The van der Waals surface area contributed by atoms with Gasteiger partial charge in [-0.15, -0.1) is 11.3 Å². The number of thiophene rings is 1. The SMILES string of the molecule is COc1ccc(-n2c(SCC(=O)N3C[C@@H](C)O[C@@H](C)C3)nc3sc4c(c3c2=O)CCCC4)cc1. The van der Waals surface area contributed by atoms with Crippen LogP contribution in [0.2, 0.25) is 0 Å². The molecule has 0 radical (unpaired) electrons. The molecule has 0 bridgehead atoms. The van der Waals surface area contributed by atoms with Gasteiger partial charge in [0.25, 0.3) is 5.56 Å². The number of morpholine rings is 1. The number of amides is 1. The van der Waals surface area contributed by atoms with E-state index in [0.717, 1.165) is 52.9 Å². The number of thioether (sulfide) groups is 1. The van der Waals surface area contributed by atoms with Crippen LogP contribution in [-0.4, -0.2) is 58.5 Å². The van der Waals surface area contributed by atoms with Gasteiger partial charge < -0.3 is 14.4 Å². The monoisotopic (exact) mass is 499 g/mol. The number of aryl methyl sites for hydroxylation is 2. The van der Waals surface area contributed by atoms with Gasteiger partial charge in [-0.05, 0) is 69.4 Å². The molecule has 2 atom stereocenters. The van der Waals surface area contributed by atoms with Crippen molar-refractivity contribution in [1.82, 2.24) is 14.5 Å². The van der Waals surface area contributed by atoms with Crippen molar-refractivity contribution in [2.75, 3.05) is 26.0 Å². The second kappa shape index (κ2) is 9.71. The van der Waals surface area contributed by atoms with Crippen molar-refractivity contribution in [3.8, 4) is 11.4 Å². The Morgan fingerprint density at radius 2 is 1.88 bits per heavy atom.